The molecule has 2 unspecified atom stereocenters. The normalized spacial score (nSPS) is 23.2. The van der Waals surface area contributed by atoms with E-state index in [2.05, 4.69) is 5.32 Å². The molecule has 1 aliphatic rings. The van der Waals surface area contributed by atoms with Gasteiger partial charge in [-0.1, -0.05) is 0 Å². The topological polar surface area (TPSA) is 47.6 Å². The number of carbonyl (C=O) groups excluding carboxylic acids is 1. The van der Waals surface area contributed by atoms with Crippen molar-refractivity contribution in [3.8, 4) is 0 Å². The summed E-state index contributed by atoms with van der Waals surface area (Å²) < 4.78 is 10.8. The largest absolute Gasteiger partial charge is 0.458 e. The van der Waals surface area contributed by atoms with Crippen molar-refractivity contribution in [2.45, 2.75) is 52.2 Å². The second-order valence-corrected chi connectivity index (χ2v) is 5.72. The van der Waals surface area contributed by atoms with Gasteiger partial charge in [-0.3, -0.25) is 0 Å². The first-order chi connectivity index (χ1) is 7.88. The van der Waals surface area contributed by atoms with E-state index in [-0.39, 0.29) is 5.97 Å². The SMILES string of the molecule is CC(OCC1CCCNC1)C(=O)OC(C)(C)C. The van der Waals surface area contributed by atoms with Crippen molar-refractivity contribution in [2.75, 3.05) is 19.7 Å². The Morgan fingerprint density at radius 2 is 2.18 bits per heavy atom. The van der Waals surface area contributed by atoms with Gasteiger partial charge in [-0.25, -0.2) is 4.79 Å². The molecule has 1 aliphatic heterocycles. The van der Waals surface area contributed by atoms with E-state index in [9.17, 15) is 4.79 Å². The molecule has 0 saturated carbocycles. The molecule has 1 rings (SSSR count). The summed E-state index contributed by atoms with van der Waals surface area (Å²) >= 11 is 0. The summed E-state index contributed by atoms with van der Waals surface area (Å²) in [7, 11) is 0. The van der Waals surface area contributed by atoms with E-state index in [0.717, 1.165) is 13.1 Å². The highest BCUT2D eigenvalue weighted by Gasteiger charge is 2.23. The van der Waals surface area contributed by atoms with E-state index in [0.29, 0.717) is 12.5 Å². The van der Waals surface area contributed by atoms with Gasteiger partial charge in [0.1, 0.15) is 5.60 Å². The molecule has 1 heterocycles. The molecule has 0 aromatic heterocycles. The van der Waals surface area contributed by atoms with Crippen LogP contribution in [0.5, 0.6) is 0 Å². The highest BCUT2D eigenvalue weighted by Crippen LogP contribution is 2.13. The first-order valence-corrected chi connectivity index (χ1v) is 6.43. The minimum Gasteiger partial charge on any atom is -0.458 e. The quantitative estimate of drug-likeness (QED) is 0.764. The summed E-state index contributed by atoms with van der Waals surface area (Å²) in [6.45, 7) is 10.1. The maximum atomic E-state index is 11.7. The number of nitrogens with one attached hydrogen (secondary N) is 1. The van der Waals surface area contributed by atoms with Crippen LogP contribution in [-0.2, 0) is 14.3 Å². The van der Waals surface area contributed by atoms with Crippen LogP contribution in [0.15, 0.2) is 0 Å². The summed E-state index contributed by atoms with van der Waals surface area (Å²) in [5, 5.41) is 3.33. The van der Waals surface area contributed by atoms with E-state index < -0.39 is 11.7 Å². The molecule has 1 fully saturated rings. The zero-order valence-corrected chi connectivity index (χ0v) is 11.4. The third-order valence-electron chi connectivity index (χ3n) is 2.72. The molecule has 0 spiro atoms. The van der Waals surface area contributed by atoms with Crippen molar-refractivity contribution in [3.05, 3.63) is 0 Å². The highest BCUT2D eigenvalue weighted by atomic mass is 16.6. The first kappa shape index (κ1) is 14.5. The van der Waals surface area contributed by atoms with Crippen molar-refractivity contribution in [2.24, 2.45) is 5.92 Å². The average Bonchev–Trinajstić information content (AvgIpc) is 2.25. The Labute approximate surface area is 104 Å². The molecule has 1 N–H and O–H groups in total. The molecule has 0 aromatic rings. The van der Waals surface area contributed by atoms with Crippen LogP contribution >= 0.6 is 0 Å². The van der Waals surface area contributed by atoms with Crippen LogP contribution in [0, 0.1) is 5.92 Å². The molecule has 0 radical (unpaired) electrons. The minimum atomic E-state index is -0.476. The summed E-state index contributed by atoms with van der Waals surface area (Å²) in [6.07, 6.45) is 1.89. The third kappa shape index (κ3) is 6.03. The lowest BCUT2D eigenvalue weighted by atomic mass is 10.0. The molecule has 17 heavy (non-hydrogen) atoms. The molecule has 0 aromatic carbocycles. The minimum absolute atomic E-state index is 0.277. The zero-order valence-electron chi connectivity index (χ0n) is 11.4. The molecule has 0 aliphatic carbocycles. The van der Waals surface area contributed by atoms with Gasteiger partial charge in [-0.15, -0.1) is 0 Å². The fourth-order valence-corrected chi connectivity index (χ4v) is 1.80. The van der Waals surface area contributed by atoms with Crippen molar-refractivity contribution < 1.29 is 14.3 Å². The van der Waals surface area contributed by atoms with Gasteiger partial charge in [0.2, 0.25) is 0 Å². The van der Waals surface area contributed by atoms with Gasteiger partial charge in [-0.2, -0.15) is 0 Å². The van der Waals surface area contributed by atoms with Crippen molar-refractivity contribution in [1.29, 1.82) is 0 Å². The lowest BCUT2D eigenvalue weighted by Crippen LogP contribution is -2.36. The second-order valence-electron chi connectivity index (χ2n) is 5.72. The first-order valence-electron chi connectivity index (χ1n) is 6.43. The Balaban J connectivity index is 2.23. The van der Waals surface area contributed by atoms with Gasteiger partial charge in [-0.05, 0) is 53.0 Å². The predicted molar refractivity (Wildman–Crippen MR) is 66.9 cm³/mol. The Bertz CT molecular complexity index is 242. The number of piperidine rings is 1. The van der Waals surface area contributed by atoms with Gasteiger partial charge in [0, 0.05) is 6.54 Å². The van der Waals surface area contributed by atoms with Crippen LogP contribution in [0.1, 0.15) is 40.5 Å². The molecule has 0 bridgehead atoms. The van der Waals surface area contributed by atoms with Crippen LogP contribution in [0.4, 0.5) is 0 Å². The van der Waals surface area contributed by atoms with Gasteiger partial charge in [0.15, 0.2) is 6.10 Å². The molecule has 2 atom stereocenters. The molecule has 100 valence electrons. The highest BCUT2D eigenvalue weighted by molar-refractivity contribution is 5.74. The number of ether oxygens (including phenoxy) is 2. The summed E-state index contributed by atoms with van der Waals surface area (Å²) in [4.78, 5) is 11.7. The standard InChI is InChI=1S/C13H25NO3/c1-10(12(15)17-13(2,3)4)16-9-11-6-5-7-14-8-11/h10-11,14H,5-9H2,1-4H3. The number of esters is 1. The second kappa shape index (κ2) is 6.36. The van der Waals surface area contributed by atoms with Gasteiger partial charge < -0.3 is 14.8 Å². The number of hydrogen-bond donors (Lipinski definition) is 1. The molecule has 4 nitrogen and oxygen atoms in total. The summed E-state index contributed by atoms with van der Waals surface area (Å²) in [5.74, 6) is 0.245. The fourth-order valence-electron chi connectivity index (χ4n) is 1.80. The Kier molecular flexibility index (Phi) is 5.40. The lowest BCUT2D eigenvalue weighted by Gasteiger charge is -2.25. The van der Waals surface area contributed by atoms with E-state index in [1.807, 2.05) is 20.8 Å². The van der Waals surface area contributed by atoms with Crippen LogP contribution in [0.2, 0.25) is 0 Å². The smallest absolute Gasteiger partial charge is 0.335 e. The van der Waals surface area contributed by atoms with Gasteiger partial charge in [0.25, 0.3) is 0 Å². The van der Waals surface area contributed by atoms with E-state index in [4.69, 9.17) is 9.47 Å². The average molecular weight is 243 g/mol. The van der Waals surface area contributed by atoms with E-state index in [1.165, 1.54) is 12.8 Å². The molecule has 0 amide bonds. The lowest BCUT2D eigenvalue weighted by molar-refractivity contribution is -0.168. The van der Waals surface area contributed by atoms with Crippen LogP contribution in [0.3, 0.4) is 0 Å². The van der Waals surface area contributed by atoms with Crippen LogP contribution in [0.25, 0.3) is 0 Å². The molecular formula is C13H25NO3. The third-order valence-corrected chi connectivity index (χ3v) is 2.72. The summed E-state index contributed by atoms with van der Waals surface area (Å²) in [5.41, 5.74) is -0.443. The Hall–Kier alpha value is -0.610. The maximum Gasteiger partial charge on any atom is 0.335 e. The van der Waals surface area contributed by atoms with Crippen molar-refractivity contribution >= 4 is 5.97 Å². The Morgan fingerprint density at radius 1 is 1.47 bits per heavy atom. The van der Waals surface area contributed by atoms with Crippen LogP contribution < -0.4 is 5.32 Å². The monoisotopic (exact) mass is 243 g/mol. The van der Waals surface area contributed by atoms with E-state index in [1.54, 1.807) is 6.92 Å². The van der Waals surface area contributed by atoms with Crippen molar-refractivity contribution in [3.63, 3.8) is 0 Å². The molecule has 4 heteroatoms. The van der Waals surface area contributed by atoms with E-state index >= 15 is 0 Å². The van der Waals surface area contributed by atoms with Gasteiger partial charge in [0.05, 0.1) is 6.61 Å². The number of rotatable bonds is 4. The number of carbonyl (C=O) groups is 1. The molecular weight excluding hydrogens is 218 g/mol. The molecule has 1 saturated heterocycles. The maximum absolute atomic E-state index is 11.7. The zero-order chi connectivity index (χ0) is 12.9. The number of hydrogen-bond acceptors (Lipinski definition) is 4. The van der Waals surface area contributed by atoms with Gasteiger partial charge >= 0.3 is 5.97 Å². The fraction of sp³-hybridized carbons (Fsp3) is 0.923. The Morgan fingerprint density at radius 3 is 2.71 bits per heavy atom. The predicted octanol–water partition coefficient (Wildman–Crippen LogP) is 1.73. The van der Waals surface area contributed by atoms with Crippen LogP contribution in [-0.4, -0.2) is 37.4 Å². The van der Waals surface area contributed by atoms with Crippen molar-refractivity contribution in [1.82, 2.24) is 5.32 Å². The summed E-state index contributed by atoms with van der Waals surface area (Å²) in [6, 6.07) is 0.